The minimum absolute atomic E-state index is 0.263. The topological polar surface area (TPSA) is 35.6 Å². The van der Waals surface area contributed by atoms with E-state index in [1.165, 1.54) is 12.8 Å². The van der Waals surface area contributed by atoms with Crippen LogP contribution in [0.15, 0.2) is 0 Å². The molecule has 2 aliphatic rings. The molecule has 0 aromatic rings. The second-order valence-corrected chi connectivity index (χ2v) is 6.22. The molecule has 2 fully saturated rings. The van der Waals surface area contributed by atoms with Crippen molar-refractivity contribution < 1.29 is 4.79 Å². The van der Waals surface area contributed by atoms with Crippen LogP contribution >= 0.6 is 0 Å². The summed E-state index contributed by atoms with van der Waals surface area (Å²) in [6.07, 6.45) is 2.46. The molecule has 1 amide bonds. The summed E-state index contributed by atoms with van der Waals surface area (Å²) in [5.74, 6) is 1.01. The lowest BCUT2D eigenvalue weighted by Crippen LogP contribution is -2.52. The van der Waals surface area contributed by atoms with Gasteiger partial charge in [-0.1, -0.05) is 0 Å². The minimum Gasteiger partial charge on any atom is -0.343 e. The van der Waals surface area contributed by atoms with Gasteiger partial charge in [0.15, 0.2) is 0 Å². The van der Waals surface area contributed by atoms with Gasteiger partial charge in [0.1, 0.15) is 0 Å². The Kier molecular flexibility index (Phi) is 3.73. The van der Waals surface area contributed by atoms with Crippen LogP contribution in [-0.2, 0) is 4.79 Å². The Hall–Kier alpha value is -0.610. The van der Waals surface area contributed by atoms with Gasteiger partial charge in [-0.3, -0.25) is 9.69 Å². The molecule has 98 valence electrons. The van der Waals surface area contributed by atoms with Crippen molar-refractivity contribution in [2.45, 2.75) is 32.2 Å². The van der Waals surface area contributed by atoms with Gasteiger partial charge in [-0.25, -0.2) is 0 Å². The Labute approximate surface area is 104 Å². The lowest BCUT2D eigenvalue weighted by atomic mass is 9.84. The van der Waals surface area contributed by atoms with Crippen molar-refractivity contribution in [1.29, 1.82) is 0 Å². The number of carbonyl (C=O) groups is 1. The maximum absolute atomic E-state index is 11.6. The van der Waals surface area contributed by atoms with Gasteiger partial charge in [-0.15, -0.1) is 0 Å². The standard InChI is InChI=1S/C13H25N3O/c1-13(2)8-11(4-5-14-13)9-16-7-6-15(3)12(17)10-16/h11,14H,4-10H2,1-3H3. The van der Waals surface area contributed by atoms with Crippen LogP contribution in [0.5, 0.6) is 0 Å². The molecule has 0 aromatic heterocycles. The zero-order valence-electron chi connectivity index (χ0n) is 11.3. The van der Waals surface area contributed by atoms with Crippen LogP contribution in [-0.4, -0.2) is 61.0 Å². The fourth-order valence-corrected chi connectivity index (χ4v) is 2.99. The fourth-order valence-electron chi connectivity index (χ4n) is 2.99. The first kappa shape index (κ1) is 12.8. The van der Waals surface area contributed by atoms with Crippen LogP contribution in [0.1, 0.15) is 26.7 Å². The number of carbonyl (C=O) groups excluding carboxylic acids is 1. The Morgan fingerprint density at radius 1 is 1.41 bits per heavy atom. The average molecular weight is 239 g/mol. The molecule has 1 N–H and O–H groups in total. The molecule has 2 aliphatic heterocycles. The van der Waals surface area contributed by atoms with Crippen molar-refractivity contribution in [2.75, 3.05) is 39.8 Å². The Bertz CT molecular complexity index is 290. The molecule has 0 aliphatic carbocycles. The molecule has 2 saturated heterocycles. The number of hydrogen-bond acceptors (Lipinski definition) is 3. The van der Waals surface area contributed by atoms with Crippen molar-refractivity contribution in [1.82, 2.24) is 15.1 Å². The summed E-state index contributed by atoms with van der Waals surface area (Å²) in [6, 6.07) is 0. The molecule has 1 unspecified atom stereocenters. The van der Waals surface area contributed by atoms with Gasteiger partial charge >= 0.3 is 0 Å². The SMILES string of the molecule is CN1CCN(CC2CCNC(C)(C)C2)CC1=O. The van der Waals surface area contributed by atoms with Crippen LogP contribution in [0.2, 0.25) is 0 Å². The third kappa shape index (κ3) is 3.42. The van der Waals surface area contributed by atoms with E-state index in [2.05, 4.69) is 24.1 Å². The molecule has 17 heavy (non-hydrogen) atoms. The highest BCUT2D eigenvalue weighted by atomic mass is 16.2. The maximum atomic E-state index is 11.6. The van der Waals surface area contributed by atoms with E-state index < -0.39 is 0 Å². The molecular formula is C13H25N3O. The molecule has 1 atom stereocenters. The van der Waals surface area contributed by atoms with Gasteiger partial charge in [-0.05, 0) is 39.2 Å². The monoisotopic (exact) mass is 239 g/mol. The van der Waals surface area contributed by atoms with E-state index in [0.29, 0.717) is 6.54 Å². The number of piperidine rings is 1. The summed E-state index contributed by atoms with van der Waals surface area (Å²) in [5, 5.41) is 3.55. The highest BCUT2D eigenvalue weighted by molar-refractivity contribution is 5.78. The summed E-state index contributed by atoms with van der Waals surface area (Å²) in [7, 11) is 1.90. The molecule has 4 nitrogen and oxygen atoms in total. The molecule has 0 spiro atoms. The lowest BCUT2D eigenvalue weighted by Gasteiger charge is -2.40. The van der Waals surface area contributed by atoms with Crippen LogP contribution in [0.4, 0.5) is 0 Å². The molecule has 0 radical (unpaired) electrons. The molecule has 2 heterocycles. The minimum atomic E-state index is 0.263. The third-order valence-corrected chi connectivity index (χ3v) is 4.01. The number of nitrogens with one attached hydrogen (secondary N) is 1. The number of rotatable bonds is 2. The highest BCUT2D eigenvalue weighted by Crippen LogP contribution is 2.24. The van der Waals surface area contributed by atoms with E-state index in [4.69, 9.17) is 0 Å². The van der Waals surface area contributed by atoms with E-state index in [1.54, 1.807) is 0 Å². The first-order valence-corrected chi connectivity index (χ1v) is 6.68. The average Bonchev–Trinajstić information content (AvgIpc) is 2.22. The first-order valence-electron chi connectivity index (χ1n) is 6.68. The molecule has 0 bridgehead atoms. The summed E-state index contributed by atoms with van der Waals surface area (Å²) >= 11 is 0. The van der Waals surface area contributed by atoms with Crippen LogP contribution < -0.4 is 5.32 Å². The summed E-state index contributed by atoms with van der Waals surface area (Å²) in [5.41, 5.74) is 0.263. The summed E-state index contributed by atoms with van der Waals surface area (Å²) in [4.78, 5) is 15.8. The zero-order chi connectivity index (χ0) is 12.5. The maximum Gasteiger partial charge on any atom is 0.236 e. The molecule has 4 heteroatoms. The van der Waals surface area contributed by atoms with Gasteiger partial charge in [0, 0.05) is 32.2 Å². The smallest absolute Gasteiger partial charge is 0.236 e. The predicted molar refractivity (Wildman–Crippen MR) is 68.9 cm³/mol. The number of piperazine rings is 1. The van der Waals surface area contributed by atoms with Gasteiger partial charge in [0.2, 0.25) is 5.91 Å². The van der Waals surface area contributed by atoms with E-state index in [9.17, 15) is 4.79 Å². The second kappa shape index (κ2) is 4.94. The Morgan fingerprint density at radius 3 is 2.82 bits per heavy atom. The Morgan fingerprint density at radius 2 is 2.18 bits per heavy atom. The number of hydrogen-bond donors (Lipinski definition) is 1. The van der Waals surface area contributed by atoms with E-state index in [1.807, 2.05) is 11.9 Å². The van der Waals surface area contributed by atoms with Gasteiger partial charge in [-0.2, -0.15) is 0 Å². The van der Waals surface area contributed by atoms with Crippen molar-refractivity contribution in [2.24, 2.45) is 5.92 Å². The molecular weight excluding hydrogens is 214 g/mol. The second-order valence-electron chi connectivity index (χ2n) is 6.22. The number of nitrogens with zero attached hydrogens (tertiary/aromatic N) is 2. The van der Waals surface area contributed by atoms with Crippen LogP contribution in [0.25, 0.3) is 0 Å². The normalized spacial score (nSPS) is 30.6. The Balaban J connectivity index is 1.83. The highest BCUT2D eigenvalue weighted by Gasteiger charge is 2.30. The molecule has 0 aromatic carbocycles. The number of likely N-dealkylation sites (N-methyl/N-ethyl adjacent to an activating group) is 1. The first-order chi connectivity index (χ1) is 7.96. The van der Waals surface area contributed by atoms with Crippen molar-refractivity contribution in [3.05, 3.63) is 0 Å². The van der Waals surface area contributed by atoms with Crippen molar-refractivity contribution >= 4 is 5.91 Å². The summed E-state index contributed by atoms with van der Waals surface area (Å²) < 4.78 is 0. The lowest BCUT2D eigenvalue weighted by molar-refractivity contribution is -0.134. The quantitative estimate of drug-likeness (QED) is 0.764. The van der Waals surface area contributed by atoms with E-state index in [-0.39, 0.29) is 11.4 Å². The summed E-state index contributed by atoms with van der Waals surface area (Å²) in [6.45, 7) is 9.27. The van der Waals surface area contributed by atoms with Crippen LogP contribution in [0.3, 0.4) is 0 Å². The van der Waals surface area contributed by atoms with Crippen LogP contribution in [0, 0.1) is 5.92 Å². The van der Waals surface area contributed by atoms with Gasteiger partial charge in [0.25, 0.3) is 0 Å². The fraction of sp³-hybridized carbons (Fsp3) is 0.923. The zero-order valence-corrected chi connectivity index (χ0v) is 11.3. The third-order valence-electron chi connectivity index (χ3n) is 4.01. The van der Waals surface area contributed by atoms with Crippen molar-refractivity contribution in [3.63, 3.8) is 0 Å². The van der Waals surface area contributed by atoms with Crippen molar-refractivity contribution in [3.8, 4) is 0 Å². The molecule has 2 rings (SSSR count). The molecule has 0 saturated carbocycles. The largest absolute Gasteiger partial charge is 0.343 e. The van der Waals surface area contributed by atoms with E-state index >= 15 is 0 Å². The van der Waals surface area contributed by atoms with E-state index in [0.717, 1.165) is 32.1 Å². The number of amides is 1. The van der Waals surface area contributed by atoms with Gasteiger partial charge in [0.05, 0.1) is 6.54 Å². The predicted octanol–water partition coefficient (Wildman–Crippen LogP) is 0.539. The van der Waals surface area contributed by atoms with Gasteiger partial charge < -0.3 is 10.2 Å².